The molecule has 3 N–H and O–H groups in total. The van der Waals surface area contributed by atoms with Crippen molar-refractivity contribution in [3.8, 4) is 0 Å². The van der Waals surface area contributed by atoms with Crippen molar-refractivity contribution in [3.05, 3.63) is 0 Å². The molecule has 0 aromatic rings. The van der Waals surface area contributed by atoms with Crippen LogP contribution in [0, 0.1) is 11.8 Å². The van der Waals surface area contributed by atoms with E-state index in [0.717, 1.165) is 17.6 Å². The summed E-state index contributed by atoms with van der Waals surface area (Å²) in [6, 6.07) is 0.476. The zero-order valence-electron chi connectivity index (χ0n) is 9.34. The average Bonchev–Trinajstić information content (AvgIpc) is 2.01. The maximum absolute atomic E-state index is 5.47. The molecular formula is C10H24N2S. The highest BCUT2D eigenvalue weighted by Gasteiger charge is 2.08. The molecule has 0 saturated carbocycles. The van der Waals surface area contributed by atoms with E-state index in [1.165, 1.54) is 12.2 Å². The molecule has 0 aliphatic rings. The first-order valence-corrected chi connectivity index (χ1v) is 6.25. The van der Waals surface area contributed by atoms with E-state index in [2.05, 4.69) is 33.1 Å². The fourth-order valence-corrected chi connectivity index (χ4v) is 2.32. The van der Waals surface area contributed by atoms with Gasteiger partial charge in [0, 0.05) is 11.8 Å². The van der Waals surface area contributed by atoms with Crippen LogP contribution >= 0.6 is 11.8 Å². The molecule has 0 bridgehead atoms. The van der Waals surface area contributed by atoms with Gasteiger partial charge in [-0.3, -0.25) is 11.3 Å². The summed E-state index contributed by atoms with van der Waals surface area (Å²) in [6.07, 6.45) is 1.17. The predicted octanol–water partition coefficient (Wildman–Crippen LogP) is 2.25. The van der Waals surface area contributed by atoms with Crippen LogP contribution in [-0.2, 0) is 0 Å². The van der Waals surface area contributed by atoms with Crippen LogP contribution in [0.4, 0.5) is 0 Å². The molecule has 0 fully saturated rings. The summed E-state index contributed by atoms with van der Waals surface area (Å²) in [4.78, 5) is 0. The van der Waals surface area contributed by atoms with Gasteiger partial charge < -0.3 is 0 Å². The minimum absolute atomic E-state index is 0.476. The van der Waals surface area contributed by atoms with Crippen molar-refractivity contribution in [2.75, 3.05) is 11.5 Å². The van der Waals surface area contributed by atoms with Gasteiger partial charge in [-0.05, 0) is 24.0 Å². The first-order chi connectivity index (χ1) is 6.06. The molecule has 3 heteroatoms. The Morgan fingerprint density at radius 2 is 1.69 bits per heavy atom. The number of thioether (sulfide) groups is 1. The van der Waals surface area contributed by atoms with Crippen molar-refractivity contribution < 1.29 is 0 Å². The molecular weight excluding hydrogens is 180 g/mol. The van der Waals surface area contributed by atoms with Gasteiger partial charge in [-0.1, -0.05) is 27.7 Å². The quantitative estimate of drug-likeness (QED) is 0.493. The van der Waals surface area contributed by atoms with Crippen LogP contribution in [0.15, 0.2) is 0 Å². The standard InChI is InChI=1S/C10H24N2S/c1-8(2)5-10(12-11)7-13-6-9(3)4/h8-10,12H,5-7,11H2,1-4H3. The summed E-state index contributed by atoms with van der Waals surface area (Å²) in [6.45, 7) is 8.97. The van der Waals surface area contributed by atoms with Gasteiger partial charge in [0.1, 0.15) is 0 Å². The van der Waals surface area contributed by atoms with Crippen molar-refractivity contribution in [1.82, 2.24) is 5.43 Å². The van der Waals surface area contributed by atoms with E-state index < -0.39 is 0 Å². The average molecular weight is 204 g/mol. The maximum Gasteiger partial charge on any atom is 0.0303 e. The van der Waals surface area contributed by atoms with Gasteiger partial charge in [-0.2, -0.15) is 11.8 Å². The monoisotopic (exact) mass is 204 g/mol. The third kappa shape index (κ3) is 8.60. The molecule has 1 atom stereocenters. The van der Waals surface area contributed by atoms with Gasteiger partial charge in [-0.15, -0.1) is 0 Å². The second kappa shape index (κ2) is 7.65. The molecule has 0 aliphatic heterocycles. The van der Waals surface area contributed by atoms with Crippen LogP contribution < -0.4 is 11.3 Å². The van der Waals surface area contributed by atoms with Crippen LogP contribution in [0.2, 0.25) is 0 Å². The second-order valence-electron chi connectivity index (χ2n) is 4.42. The van der Waals surface area contributed by atoms with Gasteiger partial charge in [0.05, 0.1) is 0 Å². The van der Waals surface area contributed by atoms with E-state index in [9.17, 15) is 0 Å². The van der Waals surface area contributed by atoms with E-state index in [-0.39, 0.29) is 0 Å². The molecule has 0 spiro atoms. The predicted molar refractivity (Wildman–Crippen MR) is 62.7 cm³/mol. The van der Waals surface area contributed by atoms with Crippen LogP contribution in [0.5, 0.6) is 0 Å². The number of nitrogens with two attached hydrogens (primary N) is 1. The number of hydrogen-bond acceptors (Lipinski definition) is 3. The van der Waals surface area contributed by atoms with Crippen molar-refractivity contribution >= 4 is 11.8 Å². The molecule has 0 rings (SSSR count). The molecule has 0 aromatic carbocycles. The molecule has 0 aromatic heterocycles. The van der Waals surface area contributed by atoms with Crippen molar-refractivity contribution in [2.45, 2.75) is 40.2 Å². The first-order valence-electron chi connectivity index (χ1n) is 5.10. The molecule has 80 valence electrons. The molecule has 13 heavy (non-hydrogen) atoms. The van der Waals surface area contributed by atoms with Crippen LogP contribution in [0.3, 0.4) is 0 Å². The highest BCUT2D eigenvalue weighted by atomic mass is 32.2. The zero-order valence-corrected chi connectivity index (χ0v) is 10.2. The number of hydrazine groups is 1. The first kappa shape index (κ1) is 13.3. The highest BCUT2D eigenvalue weighted by Crippen LogP contribution is 2.13. The topological polar surface area (TPSA) is 38.0 Å². The van der Waals surface area contributed by atoms with Crippen molar-refractivity contribution in [1.29, 1.82) is 0 Å². The van der Waals surface area contributed by atoms with E-state index in [1.54, 1.807) is 0 Å². The SMILES string of the molecule is CC(C)CSCC(CC(C)C)NN. The maximum atomic E-state index is 5.47. The summed E-state index contributed by atoms with van der Waals surface area (Å²) in [5.74, 6) is 9.34. The Balaban J connectivity index is 3.48. The summed E-state index contributed by atoms with van der Waals surface area (Å²) in [7, 11) is 0. The third-order valence-electron chi connectivity index (χ3n) is 1.76. The molecule has 0 radical (unpaired) electrons. The largest absolute Gasteiger partial charge is 0.271 e. The van der Waals surface area contributed by atoms with E-state index >= 15 is 0 Å². The van der Waals surface area contributed by atoms with Gasteiger partial charge >= 0.3 is 0 Å². The number of nitrogens with one attached hydrogen (secondary N) is 1. The molecule has 2 nitrogen and oxygen atoms in total. The molecule has 0 saturated heterocycles. The van der Waals surface area contributed by atoms with Crippen LogP contribution in [0.1, 0.15) is 34.1 Å². The lowest BCUT2D eigenvalue weighted by Crippen LogP contribution is -2.38. The van der Waals surface area contributed by atoms with Gasteiger partial charge in [0.15, 0.2) is 0 Å². The lowest BCUT2D eigenvalue weighted by Gasteiger charge is -2.17. The molecule has 0 heterocycles. The Bertz CT molecular complexity index is 115. The van der Waals surface area contributed by atoms with Crippen LogP contribution in [-0.4, -0.2) is 17.5 Å². The Morgan fingerprint density at radius 1 is 1.08 bits per heavy atom. The second-order valence-corrected chi connectivity index (χ2v) is 5.50. The Labute approximate surface area is 87.0 Å². The van der Waals surface area contributed by atoms with Crippen molar-refractivity contribution in [2.24, 2.45) is 17.7 Å². The van der Waals surface area contributed by atoms with Gasteiger partial charge in [-0.25, -0.2) is 0 Å². The van der Waals surface area contributed by atoms with Gasteiger partial charge in [0.25, 0.3) is 0 Å². The van der Waals surface area contributed by atoms with Crippen molar-refractivity contribution in [3.63, 3.8) is 0 Å². The molecule has 1 unspecified atom stereocenters. The molecule has 0 aliphatic carbocycles. The summed E-state index contributed by atoms with van der Waals surface area (Å²) in [5.41, 5.74) is 2.89. The smallest absolute Gasteiger partial charge is 0.0303 e. The number of hydrogen-bond donors (Lipinski definition) is 2. The normalized spacial score (nSPS) is 14.1. The highest BCUT2D eigenvalue weighted by molar-refractivity contribution is 7.99. The van der Waals surface area contributed by atoms with Crippen LogP contribution in [0.25, 0.3) is 0 Å². The summed E-state index contributed by atoms with van der Waals surface area (Å²) < 4.78 is 0. The van der Waals surface area contributed by atoms with E-state index in [0.29, 0.717) is 6.04 Å². The molecule has 0 amide bonds. The third-order valence-corrected chi connectivity index (χ3v) is 3.30. The van der Waals surface area contributed by atoms with Gasteiger partial charge in [0.2, 0.25) is 0 Å². The summed E-state index contributed by atoms with van der Waals surface area (Å²) in [5, 5.41) is 0. The summed E-state index contributed by atoms with van der Waals surface area (Å²) >= 11 is 1.99. The van der Waals surface area contributed by atoms with E-state index in [1.807, 2.05) is 11.8 Å². The minimum atomic E-state index is 0.476. The Hall–Kier alpha value is 0.270. The lowest BCUT2D eigenvalue weighted by molar-refractivity contribution is 0.456. The zero-order chi connectivity index (χ0) is 10.3. The fourth-order valence-electron chi connectivity index (χ4n) is 1.20. The number of rotatable bonds is 7. The Kier molecular flexibility index (Phi) is 7.81. The lowest BCUT2D eigenvalue weighted by atomic mass is 10.1. The minimum Gasteiger partial charge on any atom is -0.271 e. The van der Waals surface area contributed by atoms with E-state index in [4.69, 9.17) is 5.84 Å². The Morgan fingerprint density at radius 3 is 2.08 bits per heavy atom. The fraction of sp³-hybridized carbons (Fsp3) is 1.00.